The first-order valence-electron chi connectivity index (χ1n) is 10.2. The van der Waals surface area contributed by atoms with E-state index in [9.17, 15) is 0 Å². The molecule has 0 radical (unpaired) electrons. The molecule has 28 heavy (non-hydrogen) atoms. The fraction of sp³-hybridized carbons (Fsp3) is 0.333. The van der Waals surface area contributed by atoms with Crippen LogP contribution in [0.3, 0.4) is 0 Å². The topological polar surface area (TPSA) is 3.24 Å². The van der Waals surface area contributed by atoms with Crippen molar-refractivity contribution in [3.05, 3.63) is 95.6 Å². The van der Waals surface area contributed by atoms with Gasteiger partial charge in [-0.25, -0.2) is 0 Å². The van der Waals surface area contributed by atoms with E-state index in [0.29, 0.717) is 0 Å². The van der Waals surface area contributed by atoms with Crippen LogP contribution in [0.5, 0.6) is 0 Å². The summed E-state index contributed by atoms with van der Waals surface area (Å²) in [5.41, 5.74) is 6.80. The molecule has 0 bridgehead atoms. The Morgan fingerprint density at radius 2 is 0.929 bits per heavy atom. The molecule has 0 aliphatic rings. The van der Waals surface area contributed by atoms with Gasteiger partial charge in [0.2, 0.25) is 0 Å². The Hall–Kier alpha value is -2.54. The van der Waals surface area contributed by atoms with Gasteiger partial charge in [0.1, 0.15) is 0 Å². The van der Waals surface area contributed by atoms with Crippen molar-refractivity contribution in [2.75, 3.05) is 4.90 Å². The standard InChI is InChI=1S/C27H33N/c1-26(2,3)22-12-16-24(17-13-22)28(20-21-10-8-7-9-11-21)25-18-14-23(15-19-25)27(4,5)6/h7-19H,20H2,1-6H3. The summed E-state index contributed by atoms with van der Waals surface area (Å²) in [6.07, 6.45) is 0. The largest absolute Gasteiger partial charge is 0.337 e. The van der Waals surface area contributed by atoms with E-state index >= 15 is 0 Å². The van der Waals surface area contributed by atoms with Gasteiger partial charge in [0.05, 0.1) is 0 Å². The molecule has 3 aromatic carbocycles. The summed E-state index contributed by atoms with van der Waals surface area (Å²) < 4.78 is 0. The van der Waals surface area contributed by atoms with Crippen molar-refractivity contribution < 1.29 is 0 Å². The van der Waals surface area contributed by atoms with Crippen molar-refractivity contribution in [2.45, 2.75) is 58.9 Å². The lowest BCUT2D eigenvalue weighted by Gasteiger charge is -2.28. The molecule has 0 saturated heterocycles. The van der Waals surface area contributed by atoms with Crippen LogP contribution >= 0.6 is 0 Å². The van der Waals surface area contributed by atoms with Crippen molar-refractivity contribution in [3.63, 3.8) is 0 Å². The lowest BCUT2D eigenvalue weighted by atomic mass is 9.86. The summed E-state index contributed by atoms with van der Waals surface area (Å²) in [5.74, 6) is 0. The molecule has 0 aliphatic heterocycles. The lowest BCUT2D eigenvalue weighted by molar-refractivity contribution is 0.590. The molecule has 0 spiro atoms. The second-order valence-electron chi connectivity index (χ2n) is 9.67. The van der Waals surface area contributed by atoms with Gasteiger partial charge in [-0.2, -0.15) is 0 Å². The fourth-order valence-electron chi connectivity index (χ4n) is 3.38. The minimum Gasteiger partial charge on any atom is -0.337 e. The van der Waals surface area contributed by atoms with Crippen LogP contribution in [0.25, 0.3) is 0 Å². The van der Waals surface area contributed by atoms with Crippen LogP contribution < -0.4 is 4.90 Å². The van der Waals surface area contributed by atoms with E-state index in [1.807, 2.05) is 0 Å². The smallest absolute Gasteiger partial charge is 0.0481 e. The quantitative estimate of drug-likeness (QED) is 0.456. The number of benzene rings is 3. The van der Waals surface area contributed by atoms with Crippen LogP contribution in [-0.2, 0) is 17.4 Å². The number of anilines is 2. The maximum Gasteiger partial charge on any atom is 0.0481 e. The highest BCUT2D eigenvalue weighted by molar-refractivity contribution is 5.64. The molecule has 0 saturated carbocycles. The highest BCUT2D eigenvalue weighted by atomic mass is 15.1. The third-order valence-corrected chi connectivity index (χ3v) is 5.27. The first kappa shape index (κ1) is 20.2. The Morgan fingerprint density at radius 1 is 0.536 bits per heavy atom. The molecule has 0 heterocycles. The number of hydrogen-bond donors (Lipinski definition) is 0. The first-order chi connectivity index (χ1) is 13.1. The normalized spacial score (nSPS) is 12.1. The minimum atomic E-state index is 0.164. The molecule has 3 aromatic rings. The highest BCUT2D eigenvalue weighted by Crippen LogP contribution is 2.32. The van der Waals surface area contributed by atoms with E-state index < -0.39 is 0 Å². The van der Waals surface area contributed by atoms with Crippen LogP contribution in [0.15, 0.2) is 78.9 Å². The van der Waals surface area contributed by atoms with E-state index in [4.69, 9.17) is 0 Å². The van der Waals surface area contributed by atoms with Gasteiger partial charge in [-0.1, -0.05) is 96.1 Å². The van der Waals surface area contributed by atoms with Gasteiger partial charge in [0.15, 0.2) is 0 Å². The summed E-state index contributed by atoms with van der Waals surface area (Å²) in [6, 6.07) is 28.7. The van der Waals surface area contributed by atoms with Gasteiger partial charge in [-0.05, 0) is 51.8 Å². The number of rotatable bonds is 4. The molecule has 0 fully saturated rings. The maximum atomic E-state index is 2.40. The van der Waals surface area contributed by atoms with Crippen molar-refractivity contribution in [1.82, 2.24) is 0 Å². The molecule has 0 atom stereocenters. The summed E-state index contributed by atoms with van der Waals surface area (Å²) in [4.78, 5) is 2.40. The van der Waals surface area contributed by atoms with Crippen molar-refractivity contribution >= 4 is 11.4 Å². The predicted octanol–water partition coefficient (Wildman–Crippen LogP) is 7.62. The summed E-state index contributed by atoms with van der Waals surface area (Å²) >= 11 is 0. The SMILES string of the molecule is CC(C)(C)c1ccc(N(Cc2ccccc2)c2ccc(C(C)(C)C)cc2)cc1. The molecule has 1 nitrogen and oxygen atoms in total. The number of nitrogens with zero attached hydrogens (tertiary/aromatic N) is 1. The first-order valence-corrected chi connectivity index (χ1v) is 10.2. The molecule has 3 rings (SSSR count). The summed E-state index contributed by atoms with van der Waals surface area (Å²) in [5, 5.41) is 0. The van der Waals surface area contributed by atoms with Crippen LogP contribution in [0.2, 0.25) is 0 Å². The second kappa shape index (κ2) is 7.83. The Balaban J connectivity index is 1.98. The van der Waals surface area contributed by atoms with E-state index in [1.54, 1.807) is 0 Å². The molecule has 146 valence electrons. The molecule has 0 aliphatic carbocycles. The monoisotopic (exact) mass is 371 g/mol. The molecule has 0 unspecified atom stereocenters. The van der Waals surface area contributed by atoms with Crippen LogP contribution in [-0.4, -0.2) is 0 Å². The van der Waals surface area contributed by atoms with Gasteiger partial charge < -0.3 is 4.90 Å². The summed E-state index contributed by atoms with van der Waals surface area (Å²) in [6.45, 7) is 14.4. The van der Waals surface area contributed by atoms with Crippen molar-refractivity contribution in [3.8, 4) is 0 Å². The Morgan fingerprint density at radius 3 is 1.29 bits per heavy atom. The van der Waals surface area contributed by atoms with Crippen molar-refractivity contribution in [2.24, 2.45) is 0 Å². The number of hydrogen-bond acceptors (Lipinski definition) is 1. The predicted molar refractivity (Wildman–Crippen MR) is 123 cm³/mol. The molecule has 0 N–H and O–H groups in total. The molecule has 0 aromatic heterocycles. The van der Waals surface area contributed by atoms with Gasteiger partial charge in [0, 0.05) is 17.9 Å². The van der Waals surface area contributed by atoms with Gasteiger partial charge in [-0.3, -0.25) is 0 Å². The minimum absolute atomic E-state index is 0.164. The molecule has 0 amide bonds. The molecular formula is C27H33N. The van der Waals surface area contributed by atoms with Crippen molar-refractivity contribution in [1.29, 1.82) is 0 Å². The average molecular weight is 372 g/mol. The van der Waals surface area contributed by atoms with Gasteiger partial charge in [-0.15, -0.1) is 0 Å². The molecular weight excluding hydrogens is 338 g/mol. The van der Waals surface area contributed by atoms with Crippen LogP contribution in [0, 0.1) is 0 Å². The van der Waals surface area contributed by atoms with Crippen LogP contribution in [0.1, 0.15) is 58.2 Å². The van der Waals surface area contributed by atoms with E-state index in [1.165, 1.54) is 28.1 Å². The summed E-state index contributed by atoms with van der Waals surface area (Å²) in [7, 11) is 0. The molecule has 1 heteroatoms. The van der Waals surface area contributed by atoms with Gasteiger partial charge in [0.25, 0.3) is 0 Å². The Labute approximate surface area is 171 Å². The average Bonchev–Trinajstić information content (AvgIpc) is 2.66. The second-order valence-corrected chi connectivity index (χ2v) is 9.67. The van der Waals surface area contributed by atoms with Crippen LogP contribution in [0.4, 0.5) is 11.4 Å². The van der Waals surface area contributed by atoms with E-state index in [-0.39, 0.29) is 10.8 Å². The Kier molecular flexibility index (Phi) is 5.65. The van der Waals surface area contributed by atoms with E-state index in [0.717, 1.165) is 6.54 Å². The zero-order chi connectivity index (χ0) is 20.4. The maximum absolute atomic E-state index is 2.40. The fourth-order valence-corrected chi connectivity index (χ4v) is 3.38. The Bertz CT molecular complexity index is 819. The third kappa shape index (κ3) is 4.84. The lowest BCUT2D eigenvalue weighted by Crippen LogP contribution is -2.18. The highest BCUT2D eigenvalue weighted by Gasteiger charge is 2.17. The zero-order valence-corrected chi connectivity index (χ0v) is 18.2. The zero-order valence-electron chi connectivity index (χ0n) is 18.2. The third-order valence-electron chi connectivity index (χ3n) is 5.27. The van der Waals surface area contributed by atoms with E-state index in [2.05, 4.69) is 125 Å². The van der Waals surface area contributed by atoms with Gasteiger partial charge >= 0.3 is 0 Å².